The quantitative estimate of drug-likeness (QED) is 0.301. The van der Waals surface area contributed by atoms with Gasteiger partial charge in [-0.2, -0.15) is 4.68 Å². The number of hydrogen-bond donors (Lipinski definition) is 2. The Morgan fingerprint density at radius 2 is 1.68 bits per heavy atom. The highest BCUT2D eigenvalue weighted by Crippen LogP contribution is 2.21. The van der Waals surface area contributed by atoms with Gasteiger partial charge in [0.15, 0.2) is 0 Å². The van der Waals surface area contributed by atoms with Crippen LogP contribution >= 0.6 is 12.4 Å². The molecule has 1 saturated carbocycles. The summed E-state index contributed by atoms with van der Waals surface area (Å²) in [5, 5.41) is 11.9. The Hall–Kier alpha value is -3.39. The van der Waals surface area contributed by atoms with Gasteiger partial charge in [0.2, 0.25) is 0 Å². The van der Waals surface area contributed by atoms with Gasteiger partial charge in [-0.1, -0.05) is 18.6 Å². The van der Waals surface area contributed by atoms with E-state index in [-0.39, 0.29) is 36.0 Å². The molecule has 1 fully saturated rings. The molecule has 0 unspecified atom stereocenters. The first-order chi connectivity index (χ1) is 15.9. The van der Waals surface area contributed by atoms with E-state index >= 15 is 0 Å². The Morgan fingerprint density at radius 3 is 2.29 bits per heavy atom. The molecule has 4 rings (SSSR count). The van der Waals surface area contributed by atoms with Crippen LogP contribution in [-0.2, 0) is 16.0 Å². The van der Waals surface area contributed by atoms with Crippen LogP contribution in [0.1, 0.15) is 55.5 Å². The van der Waals surface area contributed by atoms with Crippen molar-refractivity contribution in [2.45, 2.75) is 58.0 Å². The van der Waals surface area contributed by atoms with Crippen molar-refractivity contribution in [3.8, 4) is 11.4 Å². The number of nitrogens with two attached hydrogens (primary N) is 1. The first-order valence-corrected chi connectivity index (χ1v) is 11.3. The number of amidine groups is 1. The minimum Gasteiger partial charge on any atom is -0.462 e. The third-order valence-corrected chi connectivity index (χ3v) is 6.03. The summed E-state index contributed by atoms with van der Waals surface area (Å²) in [5.74, 6) is 0.382. The normalized spacial score (nSPS) is 13.8. The van der Waals surface area contributed by atoms with E-state index in [0.717, 1.165) is 31.2 Å². The van der Waals surface area contributed by atoms with Crippen molar-refractivity contribution < 1.29 is 9.53 Å². The maximum Gasteiger partial charge on any atom is 0.355 e. The van der Waals surface area contributed by atoms with Gasteiger partial charge in [-0.3, -0.25) is 10.2 Å². The highest BCUT2D eigenvalue weighted by Gasteiger charge is 2.18. The van der Waals surface area contributed by atoms with E-state index in [2.05, 4.69) is 5.10 Å². The average Bonchev–Trinajstić information content (AvgIpc) is 3.12. The van der Waals surface area contributed by atoms with E-state index in [9.17, 15) is 9.59 Å². The van der Waals surface area contributed by atoms with Gasteiger partial charge in [0.1, 0.15) is 17.8 Å². The summed E-state index contributed by atoms with van der Waals surface area (Å²) in [6, 6.07) is 14.4. The fourth-order valence-corrected chi connectivity index (χ4v) is 4.20. The van der Waals surface area contributed by atoms with Crippen molar-refractivity contribution in [2.75, 3.05) is 0 Å². The maximum atomic E-state index is 13.0. The average molecular weight is 484 g/mol. The summed E-state index contributed by atoms with van der Waals surface area (Å²) in [4.78, 5) is 25.2. The maximum absolute atomic E-state index is 13.0. The van der Waals surface area contributed by atoms with Crippen molar-refractivity contribution in [1.29, 1.82) is 5.41 Å². The van der Waals surface area contributed by atoms with Crippen LogP contribution < -0.4 is 11.4 Å². The predicted octanol–water partition coefficient (Wildman–Crippen LogP) is 3.85. The minimum atomic E-state index is -0.285. The number of ether oxygens (including phenoxy) is 1. The number of nitrogens with zero attached hydrogens (tertiary/aromatic N) is 3. The fourth-order valence-electron chi connectivity index (χ4n) is 4.20. The molecule has 0 bridgehead atoms. The van der Waals surface area contributed by atoms with Crippen LogP contribution in [0.4, 0.5) is 0 Å². The molecule has 1 aliphatic rings. The number of carbonyl (C=O) groups is 1. The standard InChI is InChI=1S/C25H29N5O3.ClH/c1-17-28-30(21-14-10-19(11-15-21)24(26)27)25(32)29(17)20-12-7-18(8-13-20)9-16-23(31)33-22-5-3-2-4-6-22;/h7-8,10-15,22H,2-6,9,16H2,1H3,(H3,26,27);1H. The van der Waals surface area contributed by atoms with E-state index in [1.165, 1.54) is 11.1 Å². The molecule has 1 aromatic heterocycles. The van der Waals surface area contributed by atoms with E-state index < -0.39 is 0 Å². The molecule has 0 spiro atoms. The van der Waals surface area contributed by atoms with E-state index in [0.29, 0.717) is 35.6 Å². The smallest absolute Gasteiger partial charge is 0.355 e. The highest BCUT2D eigenvalue weighted by atomic mass is 35.5. The minimum absolute atomic E-state index is 0. The first kappa shape index (κ1) is 25.2. The van der Waals surface area contributed by atoms with Gasteiger partial charge in [-0.05, 0) is 81.0 Å². The van der Waals surface area contributed by atoms with E-state index in [1.54, 1.807) is 35.8 Å². The van der Waals surface area contributed by atoms with Crippen LogP contribution in [0, 0.1) is 12.3 Å². The van der Waals surface area contributed by atoms with E-state index in [1.807, 2.05) is 24.3 Å². The first-order valence-electron chi connectivity index (χ1n) is 11.3. The second-order valence-corrected chi connectivity index (χ2v) is 8.45. The number of benzene rings is 2. The number of aromatic nitrogens is 3. The third kappa shape index (κ3) is 5.75. The molecule has 0 amide bonds. The molecular weight excluding hydrogens is 454 g/mol. The topological polar surface area (TPSA) is 116 Å². The van der Waals surface area contributed by atoms with Gasteiger partial charge in [-0.25, -0.2) is 9.36 Å². The predicted molar refractivity (Wildman–Crippen MR) is 133 cm³/mol. The van der Waals surface area contributed by atoms with Gasteiger partial charge in [-0.15, -0.1) is 17.5 Å². The van der Waals surface area contributed by atoms with Crippen LogP contribution in [0.3, 0.4) is 0 Å². The zero-order chi connectivity index (χ0) is 23.4. The van der Waals surface area contributed by atoms with Gasteiger partial charge in [0, 0.05) is 12.0 Å². The Kier molecular flexibility index (Phi) is 8.28. The number of aryl methyl sites for hydroxylation is 2. The molecule has 0 aliphatic heterocycles. The Balaban J connectivity index is 0.00000324. The number of rotatable bonds is 7. The lowest BCUT2D eigenvalue weighted by Gasteiger charge is -2.21. The SMILES string of the molecule is Cc1nn(-c2ccc(C(=N)N)cc2)c(=O)n1-c1ccc(CCC(=O)OC2CCCCC2)cc1.Cl. The number of esters is 1. The second kappa shape index (κ2) is 11.2. The lowest BCUT2D eigenvalue weighted by Crippen LogP contribution is -2.23. The van der Waals surface area contributed by atoms with Gasteiger partial charge < -0.3 is 10.5 Å². The van der Waals surface area contributed by atoms with E-state index in [4.69, 9.17) is 15.9 Å². The summed E-state index contributed by atoms with van der Waals surface area (Å²) in [6.45, 7) is 1.77. The molecule has 0 atom stereocenters. The summed E-state index contributed by atoms with van der Waals surface area (Å²) >= 11 is 0. The van der Waals surface area contributed by atoms with Crippen molar-refractivity contribution in [3.63, 3.8) is 0 Å². The third-order valence-electron chi connectivity index (χ3n) is 6.03. The van der Waals surface area contributed by atoms with Gasteiger partial charge in [0.25, 0.3) is 0 Å². The number of carbonyl (C=O) groups excluding carboxylic acids is 1. The molecule has 3 aromatic rings. The Morgan fingerprint density at radius 1 is 1.06 bits per heavy atom. The van der Waals surface area contributed by atoms with Gasteiger partial charge >= 0.3 is 11.7 Å². The molecule has 0 saturated heterocycles. The van der Waals surface area contributed by atoms with Crippen LogP contribution in [-0.4, -0.2) is 32.3 Å². The number of nitrogen functional groups attached to an aromatic ring is 1. The second-order valence-electron chi connectivity index (χ2n) is 8.45. The van der Waals surface area contributed by atoms with Crippen LogP contribution in [0.25, 0.3) is 11.4 Å². The molecule has 180 valence electrons. The van der Waals surface area contributed by atoms with Crippen molar-refractivity contribution >= 4 is 24.2 Å². The Bertz CT molecular complexity index is 1190. The van der Waals surface area contributed by atoms with Gasteiger partial charge in [0.05, 0.1) is 11.4 Å². The van der Waals surface area contributed by atoms with Crippen LogP contribution in [0.5, 0.6) is 0 Å². The summed E-state index contributed by atoms with van der Waals surface area (Å²) in [7, 11) is 0. The number of hydrogen-bond acceptors (Lipinski definition) is 5. The summed E-state index contributed by atoms with van der Waals surface area (Å²) in [6.07, 6.45) is 6.49. The fraction of sp³-hybridized carbons (Fsp3) is 0.360. The van der Waals surface area contributed by atoms with Crippen molar-refractivity contribution in [2.24, 2.45) is 5.73 Å². The molecular formula is C25H30ClN5O3. The Labute approximate surface area is 204 Å². The van der Waals surface area contributed by atoms with Crippen molar-refractivity contribution in [3.05, 3.63) is 76.0 Å². The molecule has 34 heavy (non-hydrogen) atoms. The molecule has 9 heteroatoms. The molecule has 2 aromatic carbocycles. The monoisotopic (exact) mass is 483 g/mol. The van der Waals surface area contributed by atoms with Crippen molar-refractivity contribution in [1.82, 2.24) is 14.3 Å². The number of halogens is 1. The molecule has 8 nitrogen and oxygen atoms in total. The largest absolute Gasteiger partial charge is 0.462 e. The molecule has 3 N–H and O–H groups in total. The zero-order valence-corrected chi connectivity index (χ0v) is 20.0. The molecule has 0 radical (unpaired) electrons. The van der Waals surface area contributed by atoms with Crippen LogP contribution in [0.15, 0.2) is 53.3 Å². The lowest BCUT2D eigenvalue weighted by atomic mass is 9.98. The zero-order valence-electron chi connectivity index (χ0n) is 19.2. The molecule has 1 heterocycles. The highest BCUT2D eigenvalue weighted by molar-refractivity contribution is 5.95. The summed E-state index contributed by atoms with van der Waals surface area (Å²) < 4.78 is 8.46. The summed E-state index contributed by atoms with van der Waals surface area (Å²) in [5.41, 5.74) is 8.11. The number of nitrogens with one attached hydrogen (secondary N) is 1. The molecule has 1 aliphatic carbocycles. The van der Waals surface area contributed by atoms with Crippen LogP contribution in [0.2, 0.25) is 0 Å². The lowest BCUT2D eigenvalue weighted by molar-refractivity contribution is -0.150.